The van der Waals surface area contributed by atoms with Crippen molar-refractivity contribution in [3.8, 4) is 0 Å². The Morgan fingerprint density at radius 2 is 0.887 bits per heavy atom. The summed E-state index contributed by atoms with van der Waals surface area (Å²) >= 11 is 0. The van der Waals surface area contributed by atoms with Crippen LogP contribution in [0.4, 0.5) is 0 Å². The van der Waals surface area contributed by atoms with Crippen LogP contribution in [0.1, 0.15) is 239 Å². The highest BCUT2D eigenvalue weighted by Gasteiger charge is 2.51. The summed E-state index contributed by atoms with van der Waals surface area (Å²) in [6, 6.07) is -0.916. The average molecular weight is 1010 g/mol. The van der Waals surface area contributed by atoms with Gasteiger partial charge in [0.1, 0.15) is 48.8 Å². The predicted molar refractivity (Wildman–Crippen MR) is 282 cm³/mol. The van der Waals surface area contributed by atoms with E-state index in [1.54, 1.807) is 6.08 Å². The second kappa shape index (κ2) is 43.7. The minimum absolute atomic E-state index is 0.246. The Kier molecular flexibility index (Phi) is 40.4. The summed E-state index contributed by atoms with van der Waals surface area (Å²) in [6.45, 7) is 2.80. The van der Waals surface area contributed by atoms with Crippen molar-refractivity contribution in [1.29, 1.82) is 0 Å². The number of allylic oxidation sites excluding steroid dienone is 3. The van der Waals surface area contributed by atoms with Gasteiger partial charge in [0.05, 0.1) is 32.0 Å². The summed E-state index contributed by atoms with van der Waals surface area (Å²) in [5, 5.41) is 87.0. The maximum atomic E-state index is 13.2. The van der Waals surface area contributed by atoms with Gasteiger partial charge in [-0.15, -0.1) is 0 Å². The largest absolute Gasteiger partial charge is 0.394 e. The van der Waals surface area contributed by atoms with Gasteiger partial charge in [0, 0.05) is 6.42 Å². The number of aliphatic hydroxyl groups is 8. The molecule has 14 heteroatoms. The second-order valence-corrected chi connectivity index (χ2v) is 20.8. The predicted octanol–water partition coefficient (Wildman–Crippen LogP) is 9.28. The number of carbonyl (C=O) groups excluding carboxylic acids is 1. The number of unbranched alkanes of at least 4 members (excludes halogenated alkanes) is 31. The zero-order chi connectivity index (χ0) is 51.7. The van der Waals surface area contributed by atoms with Crippen molar-refractivity contribution in [3.05, 3.63) is 24.3 Å². The van der Waals surface area contributed by atoms with Crippen LogP contribution in [0, 0.1) is 0 Å². The molecule has 0 bridgehead atoms. The molecule has 418 valence electrons. The van der Waals surface area contributed by atoms with E-state index in [9.17, 15) is 45.6 Å². The Balaban J connectivity index is 1.79. The first-order valence-electron chi connectivity index (χ1n) is 29.1. The molecule has 14 nitrogen and oxygen atoms in total. The van der Waals surface area contributed by atoms with Crippen molar-refractivity contribution >= 4 is 5.91 Å². The highest BCUT2D eigenvalue weighted by atomic mass is 16.7. The van der Waals surface area contributed by atoms with Crippen LogP contribution < -0.4 is 5.32 Å². The standard InChI is InChI=1S/C57H107NO13/c1-3-5-7-9-11-13-15-17-19-21-22-23-24-25-26-28-30-32-34-36-38-40-46(61)45(58-49(62)41-39-37-35-33-31-29-27-20-18-16-14-12-10-8-6-4-2)44-68-56-54(67)52(65)55(48(43-60)70-56)71-57-53(66)51(64)50(63)47(42-59)69-57/h20,27,38,40,45-48,50-57,59-61,63-67H,3-19,21-26,28-37,39,41-44H2,1-2H3,(H,58,62)/b27-20-,40-38+. The van der Waals surface area contributed by atoms with Crippen LogP contribution in [0.5, 0.6) is 0 Å². The molecule has 0 aromatic heterocycles. The van der Waals surface area contributed by atoms with E-state index >= 15 is 0 Å². The molecule has 2 aliphatic rings. The lowest BCUT2D eigenvalue weighted by Crippen LogP contribution is -2.65. The zero-order valence-corrected chi connectivity index (χ0v) is 44.7. The van der Waals surface area contributed by atoms with E-state index in [0.29, 0.717) is 6.42 Å². The first-order valence-corrected chi connectivity index (χ1v) is 29.1. The maximum absolute atomic E-state index is 13.2. The molecule has 71 heavy (non-hydrogen) atoms. The van der Waals surface area contributed by atoms with E-state index in [-0.39, 0.29) is 18.9 Å². The molecule has 2 heterocycles. The van der Waals surface area contributed by atoms with Crippen LogP contribution in [0.15, 0.2) is 24.3 Å². The second-order valence-electron chi connectivity index (χ2n) is 20.8. The lowest BCUT2D eigenvalue weighted by molar-refractivity contribution is -0.359. The summed E-state index contributed by atoms with van der Waals surface area (Å²) in [5.74, 6) is -0.246. The SMILES string of the molecule is CCCCCCCCC/C=C\CCCCCCCC(=O)NC(COC1OC(CO)C(OC2OC(CO)C(O)C(O)C2O)C(O)C1O)C(O)/C=C/CCCCCCCCCCCCCCCCCCCCC. The zero-order valence-electron chi connectivity index (χ0n) is 44.7. The van der Waals surface area contributed by atoms with Crippen LogP contribution in [-0.4, -0.2) is 140 Å². The normalized spacial score (nSPS) is 25.9. The van der Waals surface area contributed by atoms with Gasteiger partial charge in [0.15, 0.2) is 12.6 Å². The molecule has 2 fully saturated rings. The Morgan fingerprint density at radius 3 is 1.34 bits per heavy atom. The van der Waals surface area contributed by atoms with Crippen LogP contribution in [-0.2, 0) is 23.7 Å². The molecule has 0 aromatic carbocycles. The van der Waals surface area contributed by atoms with E-state index in [0.717, 1.165) is 57.8 Å². The van der Waals surface area contributed by atoms with Crippen molar-refractivity contribution in [2.75, 3.05) is 19.8 Å². The number of hydrogen-bond donors (Lipinski definition) is 9. The summed E-state index contributed by atoms with van der Waals surface area (Å²) in [5.41, 5.74) is 0. The van der Waals surface area contributed by atoms with E-state index in [2.05, 4.69) is 31.3 Å². The van der Waals surface area contributed by atoms with Crippen molar-refractivity contribution in [2.24, 2.45) is 0 Å². The molecular weight excluding hydrogens is 907 g/mol. The molecule has 0 aliphatic carbocycles. The average Bonchev–Trinajstić information content (AvgIpc) is 3.37. The highest BCUT2D eigenvalue weighted by molar-refractivity contribution is 5.76. The Bertz CT molecular complexity index is 1290. The molecule has 0 radical (unpaired) electrons. The fourth-order valence-corrected chi connectivity index (χ4v) is 9.64. The minimum Gasteiger partial charge on any atom is -0.394 e. The Hall–Kier alpha value is -1.53. The topological polar surface area (TPSA) is 228 Å². The van der Waals surface area contributed by atoms with Gasteiger partial charge in [-0.25, -0.2) is 0 Å². The van der Waals surface area contributed by atoms with E-state index < -0.39 is 86.8 Å². The smallest absolute Gasteiger partial charge is 0.220 e. The Labute approximate surface area is 430 Å². The molecular formula is C57H107NO13. The van der Waals surface area contributed by atoms with Crippen LogP contribution in [0.2, 0.25) is 0 Å². The van der Waals surface area contributed by atoms with Crippen molar-refractivity contribution in [3.63, 3.8) is 0 Å². The van der Waals surface area contributed by atoms with Gasteiger partial charge in [-0.1, -0.05) is 212 Å². The summed E-state index contributed by atoms with van der Waals surface area (Å²) in [7, 11) is 0. The lowest BCUT2D eigenvalue weighted by Gasteiger charge is -2.46. The third kappa shape index (κ3) is 30.0. The number of ether oxygens (including phenoxy) is 4. The van der Waals surface area contributed by atoms with Gasteiger partial charge in [-0.05, 0) is 44.9 Å². The number of carbonyl (C=O) groups is 1. The molecule has 0 aromatic rings. The quantitative estimate of drug-likeness (QED) is 0.0205. The number of nitrogens with one attached hydrogen (secondary N) is 1. The number of hydrogen-bond acceptors (Lipinski definition) is 13. The third-order valence-electron chi connectivity index (χ3n) is 14.4. The van der Waals surface area contributed by atoms with E-state index in [1.807, 2.05) is 6.08 Å². The van der Waals surface area contributed by atoms with Gasteiger partial charge in [0.25, 0.3) is 0 Å². The van der Waals surface area contributed by atoms with Gasteiger partial charge in [0.2, 0.25) is 5.91 Å². The molecule has 0 saturated carbocycles. The maximum Gasteiger partial charge on any atom is 0.220 e. The van der Waals surface area contributed by atoms with Crippen molar-refractivity contribution < 1.29 is 64.6 Å². The number of rotatable bonds is 46. The van der Waals surface area contributed by atoms with Gasteiger partial charge >= 0.3 is 0 Å². The number of amides is 1. The van der Waals surface area contributed by atoms with Gasteiger partial charge in [-0.3, -0.25) is 4.79 Å². The third-order valence-corrected chi connectivity index (χ3v) is 14.4. The molecule has 12 unspecified atom stereocenters. The number of aliphatic hydroxyl groups excluding tert-OH is 8. The van der Waals surface area contributed by atoms with Gasteiger partial charge in [-0.2, -0.15) is 0 Å². The molecule has 1 amide bonds. The minimum atomic E-state index is -1.79. The van der Waals surface area contributed by atoms with Crippen LogP contribution >= 0.6 is 0 Å². The first kappa shape index (κ1) is 65.6. The first-order chi connectivity index (χ1) is 34.6. The van der Waals surface area contributed by atoms with Crippen LogP contribution in [0.25, 0.3) is 0 Å². The fraction of sp³-hybridized carbons (Fsp3) is 0.912. The Morgan fingerprint density at radius 1 is 0.493 bits per heavy atom. The summed E-state index contributed by atoms with van der Waals surface area (Å²) in [4.78, 5) is 13.2. The van der Waals surface area contributed by atoms with E-state index in [1.165, 1.54) is 154 Å². The molecule has 2 rings (SSSR count). The fourth-order valence-electron chi connectivity index (χ4n) is 9.64. The molecule has 9 N–H and O–H groups in total. The monoisotopic (exact) mass is 1010 g/mol. The highest BCUT2D eigenvalue weighted by Crippen LogP contribution is 2.30. The molecule has 12 atom stereocenters. The lowest BCUT2D eigenvalue weighted by atomic mass is 9.97. The molecule has 2 saturated heterocycles. The van der Waals surface area contributed by atoms with Crippen LogP contribution in [0.3, 0.4) is 0 Å². The van der Waals surface area contributed by atoms with Crippen molar-refractivity contribution in [2.45, 2.75) is 312 Å². The van der Waals surface area contributed by atoms with E-state index in [4.69, 9.17) is 18.9 Å². The summed E-state index contributed by atoms with van der Waals surface area (Å²) < 4.78 is 22.8. The molecule has 2 aliphatic heterocycles. The molecule has 0 spiro atoms. The van der Waals surface area contributed by atoms with Gasteiger partial charge < -0.3 is 65.1 Å². The summed E-state index contributed by atoms with van der Waals surface area (Å²) in [6.07, 6.45) is 33.5. The van der Waals surface area contributed by atoms with Crippen molar-refractivity contribution in [1.82, 2.24) is 5.32 Å².